The second kappa shape index (κ2) is 5.53. The van der Waals surface area contributed by atoms with E-state index in [1.54, 1.807) is 24.3 Å². The van der Waals surface area contributed by atoms with Crippen molar-refractivity contribution in [2.24, 2.45) is 0 Å². The lowest BCUT2D eigenvalue weighted by Crippen LogP contribution is -2.14. The largest absolute Gasteiger partial charge is 0.322 e. The third-order valence-electron chi connectivity index (χ3n) is 3.53. The van der Waals surface area contributed by atoms with Gasteiger partial charge in [0, 0.05) is 11.6 Å². The van der Waals surface area contributed by atoms with Crippen LogP contribution in [-0.2, 0) is 0 Å². The number of amides is 1. The fourth-order valence-corrected chi connectivity index (χ4v) is 3.07. The molecule has 1 atom stereocenters. The standard InChI is InChI=1S/C16H12Cl3NO/c17-13-7-3-1-6-11(13)15(21)20-14-8-4-2-5-10(14)12-9-16(12,18)19/h1-8,12H,9H2,(H,20,21)/t12-/m1/s1. The van der Waals surface area contributed by atoms with Gasteiger partial charge in [-0.2, -0.15) is 0 Å². The third-order valence-corrected chi connectivity index (χ3v) is 4.69. The molecule has 21 heavy (non-hydrogen) atoms. The van der Waals surface area contributed by atoms with Crippen molar-refractivity contribution in [3.8, 4) is 0 Å². The Labute approximate surface area is 138 Å². The van der Waals surface area contributed by atoms with Crippen LogP contribution in [0.3, 0.4) is 0 Å². The quantitative estimate of drug-likeness (QED) is 0.759. The number of rotatable bonds is 3. The molecule has 1 aliphatic rings. The molecule has 0 unspecified atom stereocenters. The Morgan fingerprint density at radius 3 is 2.38 bits per heavy atom. The van der Waals surface area contributed by atoms with Gasteiger partial charge in [-0.15, -0.1) is 23.2 Å². The van der Waals surface area contributed by atoms with Gasteiger partial charge in [0.1, 0.15) is 4.33 Å². The molecule has 0 spiro atoms. The van der Waals surface area contributed by atoms with Crippen LogP contribution < -0.4 is 5.32 Å². The monoisotopic (exact) mass is 339 g/mol. The fraction of sp³-hybridized carbons (Fsp3) is 0.188. The Morgan fingerprint density at radius 2 is 1.71 bits per heavy atom. The molecular formula is C16H12Cl3NO. The van der Waals surface area contributed by atoms with Crippen LogP contribution in [0.5, 0.6) is 0 Å². The SMILES string of the molecule is O=C(Nc1ccccc1[C@H]1CC1(Cl)Cl)c1ccccc1Cl. The van der Waals surface area contributed by atoms with E-state index in [0.717, 1.165) is 11.3 Å². The summed E-state index contributed by atoms with van der Waals surface area (Å²) in [6, 6.07) is 14.5. The summed E-state index contributed by atoms with van der Waals surface area (Å²) in [5.41, 5.74) is 2.10. The van der Waals surface area contributed by atoms with Gasteiger partial charge in [0.2, 0.25) is 0 Å². The molecule has 2 nitrogen and oxygen atoms in total. The second-order valence-electron chi connectivity index (χ2n) is 5.04. The zero-order valence-electron chi connectivity index (χ0n) is 10.9. The highest BCUT2D eigenvalue weighted by Crippen LogP contribution is 2.60. The van der Waals surface area contributed by atoms with Gasteiger partial charge in [-0.25, -0.2) is 0 Å². The number of hydrogen-bond donors (Lipinski definition) is 1. The molecule has 1 aliphatic carbocycles. The number of anilines is 1. The highest BCUT2D eigenvalue weighted by Gasteiger charge is 2.53. The molecule has 2 aromatic carbocycles. The number of benzene rings is 2. The lowest BCUT2D eigenvalue weighted by Gasteiger charge is -2.12. The van der Waals surface area contributed by atoms with Crippen molar-refractivity contribution >= 4 is 46.4 Å². The van der Waals surface area contributed by atoms with Crippen LogP contribution in [0.1, 0.15) is 28.3 Å². The van der Waals surface area contributed by atoms with E-state index in [2.05, 4.69) is 5.32 Å². The summed E-state index contributed by atoms with van der Waals surface area (Å²) in [5, 5.41) is 3.31. The van der Waals surface area contributed by atoms with E-state index in [0.29, 0.717) is 17.0 Å². The molecule has 5 heteroatoms. The predicted octanol–water partition coefficient (Wildman–Crippen LogP) is 5.25. The number of alkyl halides is 2. The summed E-state index contributed by atoms with van der Waals surface area (Å²) in [6.45, 7) is 0. The van der Waals surface area contributed by atoms with Crippen molar-refractivity contribution in [3.05, 3.63) is 64.7 Å². The molecule has 108 valence electrons. The predicted molar refractivity (Wildman–Crippen MR) is 87.6 cm³/mol. The van der Waals surface area contributed by atoms with E-state index in [1.165, 1.54) is 0 Å². The molecule has 0 saturated heterocycles. The molecule has 0 aliphatic heterocycles. The van der Waals surface area contributed by atoms with Gasteiger partial charge < -0.3 is 5.32 Å². The second-order valence-corrected chi connectivity index (χ2v) is 6.99. The number of halogens is 3. The highest BCUT2D eigenvalue weighted by molar-refractivity contribution is 6.51. The summed E-state index contributed by atoms with van der Waals surface area (Å²) < 4.78 is -0.731. The molecule has 0 aromatic heterocycles. The normalized spacial score (nSPS) is 19.1. The number of carbonyl (C=O) groups is 1. The molecule has 1 amide bonds. The molecule has 1 fully saturated rings. The van der Waals surface area contributed by atoms with Crippen molar-refractivity contribution in [1.82, 2.24) is 0 Å². The van der Waals surface area contributed by atoms with Crippen LogP contribution >= 0.6 is 34.8 Å². The lowest BCUT2D eigenvalue weighted by atomic mass is 10.1. The van der Waals surface area contributed by atoms with Crippen molar-refractivity contribution in [3.63, 3.8) is 0 Å². The van der Waals surface area contributed by atoms with Crippen molar-refractivity contribution in [2.45, 2.75) is 16.7 Å². The van der Waals surface area contributed by atoms with Gasteiger partial charge >= 0.3 is 0 Å². The zero-order chi connectivity index (χ0) is 15.0. The third kappa shape index (κ3) is 3.03. The topological polar surface area (TPSA) is 29.1 Å². The van der Waals surface area contributed by atoms with Crippen LogP contribution in [0, 0.1) is 0 Å². The molecule has 1 saturated carbocycles. The Hall–Kier alpha value is -1.22. The summed E-state index contributed by atoms with van der Waals surface area (Å²) >= 11 is 18.3. The number of nitrogens with one attached hydrogen (secondary N) is 1. The van der Waals surface area contributed by atoms with Crippen LogP contribution in [0.2, 0.25) is 5.02 Å². The van der Waals surface area contributed by atoms with E-state index in [4.69, 9.17) is 34.8 Å². The Bertz CT molecular complexity index is 699. The molecule has 3 rings (SSSR count). The van der Waals surface area contributed by atoms with Crippen molar-refractivity contribution < 1.29 is 4.79 Å². The molecule has 2 aromatic rings. The van der Waals surface area contributed by atoms with Crippen LogP contribution in [-0.4, -0.2) is 10.2 Å². The molecule has 1 N–H and O–H groups in total. The van der Waals surface area contributed by atoms with E-state index < -0.39 is 4.33 Å². The van der Waals surface area contributed by atoms with E-state index in [9.17, 15) is 4.79 Å². The highest BCUT2D eigenvalue weighted by atomic mass is 35.5. The molecule has 0 heterocycles. The first kappa shape index (κ1) is 14.7. The van der Waals surface area contributed by atoms with Gasteiger partial charge in [0.05, 0.1) is 10.6 Å². The average molecular weight is 341 g/mol. The minimum absolute atomic E-state index is 0.0450. The lowest BCUT2D eigenvalue weighted by molar-refractivity contribution is 0.102. The molecule has 0 bridgehead atoms. The van der Waals surface area contributed by atoms with E-state index >= 15 is 0 Å². The maximum atomic E-state index is 12.3. The van der Waals surface area contributed by atoms with Crippen molar-refractivity contribution in [2.75, 3.05) is 5.32 Å². The first-order valence-corrected chi connectivity index (χ1v) is 7.65. The average Bonchev–Trinajstić information content (AvgIpc) is 3.08. The first-order chi connectivity index (χ1) is 9.99. The summed E-state index contributed by atoms with van der Waals surface area (Å²) in [5.74, 6) is -0.202. The number of para-hydroxylation sites is 1. The minimum atomic E-state index is -0.731. The Kier molecular flexibility index (Phi) is 3.87. The smallest absolute Gasteiger partial charge is 0.257 e. The maximum absolute atomic E-state index is 12.3. The van der Waals surface area contributed by atoms with Gasteiger partial charge in [-0.3, -0.25) is 4.79 Å². The number of hydrogen-bond acceptors (Lipinski definition) is 1. The van der Waals surface area contributed by atoms with Crippen LogP contribution in [0.25, 0.3) is 0 Å². The first-order valence-electron chi connectivity index (χ1n) is 6.51. The van der Waals surface area contributed by atoms with Gasteiger partial charge in [0.25, 0.3) is 5.91 Å². The van der Waals surface area contributed by atoms with Gasteiger partial charge in [0.15, 0.2) is 0 Å². The van der Waals surface area contributed by atoms with E-state index in [1.807, 2.05) is 24.3 Å². The van der Waals surface area contributed by atoms with Crippen molar-refractivity contribution in [1.29, 1.82) is 0 Å². The summed E-state index contributed by atoms with van der Waals surface area (Å²) in [6.07, 6.45) is 0.690. The van der Waals surface area contributed by atoms with Crippen LogP contribution in [0.15, 0.2) is 48.5 Å². The van der Waals surface area contributed by atoms with Crippen LogP contribution in [0.4, 0.5) is 5.69 Å². The fourth-order valence-electron chi connectivity index (χ4n) is 2.30. The minimum Gasteiger partial charge on any atom is -0.322 e. The summed E-state index contributed by atoms with van der Waals surface area (Å²) in [7, 11) is 0. The van der Waals surface area contributed by atoms with Gasteiger partial charge in [-0.1, -0.05) is 41.9 Å². The number of carbonyl (C=O) groups excluding carboxylic acids is 1. The van der Waals surface area contributed by atoms with Gasteiger partial charge in [-0.05, 0) is 30.2 Å². The molecule has 0 radical (unpaired) electrons. The summed E-state index contributed by atoms with van der Waals surface area (Å²) in [4.78, 5) is 12.3. The van der Waals surface area contributed by atoms with E-state index in [-0.39, 0.29) is 11.8 Å². The maximum Gasteiger partial charge on any atom is 0.257 e. The zero-order valence-corrected chi connectivity index (χ0v) is 13.2. The Morgan fingerprint density at radius 1 is 1.10 bits per heavy atom. The Balaban J connectivity index is 1.86. The molecular weight excluding hydrogens is 329 g/mol.